The van der Waals surface area contributed by atoms with E-state index in [0.29, 0.717) is 5.75 Å². The number of carbonyl (C=O) groups excluding carboxylic acids is 1. The average molecular weight is 335 g/mol. The molecule has 3 nitrogen and oxygen atoms in total. The van der Waals surface area contributed by atoms with Crippen molar-refractivity contribution < 1.29 is 9.53 Å². The summed E-state index contributed by atoms with van der Waals surface area (Å²) in [6.07, 6.45) is 0. The lowest BCUT2D eigenvalue weighted by Crippen LogP contribution is -2.42. The summed E-state index contributed by atoms with van der Waals surface area (Å²) in [5.74, 6) is 0.500. The Morgan fingerprint density at radius 2 is 2.06 bits per heavy atom. The smallest absolute Gasteiger partial charge is 0.243 e. The molecule has 0 bridgehead atoms. The molecule has 0 aliphatic carbocycles. The summed E-state index contributed by atoms with van der Waals surface area (Å²) in [6, 6.07) is 5.35. The van der Waals surface area contributed by atoms with Crippen LogP contribution in [0.4, 0.5) is 0 Å². The molecule has 100 valence electrons. The molecule has 0 radical (unpaired) electrons. The zero-order chi connectivity index (χ0) is 13.9. The third-order valence-electron chi connectivity index (χ3n) is 2.20. The van der Waals surface area contributed by atoms with Gasteiger partial charge in [-0.2, -0.15) is 0 Å². The quantitative estimate of drug-likeness (QED) is 0.857. The highest BCUT2D eigenvalue weighted by Gasteiger charge is 2.22. The molecule has 0 saturated heterocycles. The molecular formula is C13H17BrClNO2. The molecule has 0 aromatic heterocycles. The number of hydrogen-bond donors (Lipinski definition) is 1. The number of nitrogens with one attached hydrogen (secondary N) is 1. The molecule has 0 spiro atoms. The van der Waals surface area contributed by atoms with Crippen LogP contribution in [0.2, 0.25) is 0 Å². The van der Waals surface area contributed by atoms with Crippen molar-refractivity contribution >= 4 is 33.4 Å². The Balaban J connectivity index is 2.87. The van der Waals surface area contributed by atoms with Crippen molar-refractivity contribution in [1.82, 2.24) is 5.32 Å². The Bertz CT molecular complexity index is 443. The first-order valence-electron chi connectivity index (χ1n) is 5.54. The van der Waals surface area contributed by atoms with E-state index in [4.69, 9.17) is 16.3 Å². The Hall–Kier alpha value is -0.740. The fraction of sp³-hybridized carbons (Fsp3) is 0.462. The number of rotatable bonds is 3. The number of carbonyl (C=O) groups is 1. The van der Waals surface area contributed by atoms with Crippen LogP contribution in [0, 0.1) is 0 Å². The summed E-state index contributed by atoms with van der Waals surface area (Å²) in [5, 5.41) is 2.13. The normalized spacial score (nSPS) is 13.0. The van der Waals surface area contributed by atoms with Crippen molar-refractivity contribution in [2.75, 3.05) is 7.11 Å². The van der Waals surface area contributed by atoms with Gasteiger partial charge in [0.25, 0.3) is 0 Å². The van der Waals surface area contributed by atoms with E-state index < -0.39 is 5.38 Å². The van der Waals surface area contributed by atoms with E-state index in [9.17, 15) is 4.79 Å². The molecular weight excluding hydrogens is 318 g/mol. The summed E-state index contributed by atoms with van der Waals surface area (Å²) >= 11 is 9.53. The van der Waals surface area contributed by atoms with E-state index in [0.717, 1.165) is 10.0 Å². The van der Waals surface area contributed by atoms with Gasteiger partial charge in [0.05, 0.1) is 11.6 Å². The molecule has 0 aliphatic rings. The van der Waals surface area contributed by atoms with Gasteiger partial charge in [0, 0.05) is 5.54 Å². The highest BCUT2D eigenvalue weighted by molar-refractivity contribution is 9.10. The number of ether oxygens (including phenoxy) is 1. The van der Waals surface area contributed by atoms with Crippen molar-refractivity contribution in [3.63, 3.8) is 0 Å². The Morgan fingerprint density at radius 3 is 2.50 bits per heavy atom. The van der Waals surface area contributed by atoms with E-state index in [-0.39, 0.29) is 11.4 Å². The van der Waals surface area contributed by atoms with Gasteiger partial charge < -0.3 is 10.1 Å². The number of amides is 1. The van der Waals surface area contributed by atoms with Gasteiger partial charge in [-0.05, 0) is 54.4 Å². The van der Waals surface area contributed by atoms with Crippen molar-refractivity contribution in [2.24, 2.45) is 0 Å². The van der Waals surface area contributed by atoms with Gasteiger partial charge in [-0.15, -0.1) is 11.6 Å². The van der Waals surface area contributed by atoms with Crippen molar-refractivity contribution in [2.45, 2.75) is 31.7 Å². The maximum absolute atomic E-state index is 11.9. The van der Waals surface area contributed by atoms with Crippen LogP contribution >= 0.6 is 27.5 Å². The lowest BCUT2D eigenvalue weighted by molar-refractivity contribution is -0.122. The van der Waals surface area contributed by atoms with Gasteiger partial charge in [0.15, 0.2) is 0 Å². The van der Waals surface area contributed by atoms with Crippen LogP contribution < -0.4 is 10.1 Å². The summed E-state index contributed by atoms with van der Waals surface area (Å²) < 4.78 is 5.90. The highest BCUT2D eigenvalue weighted by Crippen LogP contribution is 2.30. The minimum Gasteiger partial charge on any atom is -0.496 e. The second kappa shape index (κ2) is 5.93. The molecule has 0 fully saturated rings. The highest BCUT2D eigenvalue weighted by atomic mass is 79.9. The standard InChI is InChI=1S/C13H17BrClNO2/c1-13(2,3)16-12(17)11(15)8-5-6-10(18-4)9(14)7-8/h5-7,11H,1-4H3,(H,16,17). The lowest BCUT2D eigenvalue weighted by Gasteiger charge is -2.22. The Morgan fingerprint density at radius 1 is 1.44 bits per heavy atom. The van der Waals surface area contributed by atoms with Crippen LogP contribution in [0.15, 0.2) is 22.7 Å². The molecule has 0 saturated carbocycles. The number of benzene rings is 1. The van der Waals surface area contributed by atoms with E-state index in [1.807, 2.05) is 20.8 Å². The van der Waals surface area contributed by atoms with E-state index in [1.165, 1.54) is 0 Å². The molecule has 1 unspecified atom stereocenters. The van der Waals surface area contributed by atoms with Gasteiger partial charge in [0.2, 0.25) is 5.91 Å². The molecule has 1 amide bonds. The SMILES string of the molecule is COc1ccc(C(Cl)C(=O)NC(C)(C)C)cc1Br. The van der Waals surface area contributed by atoms with Crippen molar-refractivity contribution in [3.8, 4) is 5.75 Å². The first-order valence-corrected chi connectivity index (χ1v) is 6.77. The predicted molar refractivity (Wildman–Crippen MR) is 77.2 cm³/mol. The molecule has 0 heterocycles. The maximum atomic E-state index is 11.9. The van der Waals surface area contributed by atoms with Gasteiger partial charge in [-0.1, -0.05) is 6.07 Å². The maximum Gasteiger partial charge on any atom is 0.243 e. The number of halogens is 2. The largest absolute Gasteiger partial charge is 0.496 e. The van der Waals surface area contributed by atoms with Crippen molar-refractivity contribution in [1.29, 1.82) is 0 Å². The van der Waals surface area contributed by atoms with Crippen LogP contribution in [-0.4, -0.2) is 18.6 Å². The zero-order valence-corrected chi connectivity index (χ0v) is 13.2. The fourth-order valence-electron chi connectivity index (χ4n) is 1.42. The van der Waals surface area contributed by atoms with Crippen LogP contribution in [0.1, 0.15) is 31.7 Å². The zero-order valence-electron chi connectivity index (χ0n) is 10.9. The summed E-state index contributed by atoms with van der Waals surface area (Å²) in [5.41, 5.74) is 0.430. The third-order valence-corrected chi connectivity index (χ3v) is 3.27. The molecule has 1 N–H and O–H groups in total. The minimum atomic E-state index is -0.716. The predicted octanol–water partition coefficient (Wildman–Crippen LogP) is 3.65. The monoisotopic (exact) mass is 333 g/mol. The van der Waals surface area contributed by atoms with Gasteiger partial charge in [-0.25, -0.2) is 0 Å². The number of methoxy groups -OCH3 is 1. The van der Waals surface area contributed by atoms with Crippen LogP contribution in [0.25, 0.3) is 0 Å². The fourth-order valence-corrected chi connectivity index (χ4v) is 2.17. The second-order valence-corrected chi connectivity index (χ2v) is 6.29. The van der Waals surface area contributed by atoms with E-state index in [1.54, 1.807) is 25.3 Å². The van der Waals surface area contributed by atoms with E-state index in [2.05, 4.69) is 21.2 Å². The number of hydrogen-bond acceptors (Lipinski definition) is 2. The van der Waals surface area contributed by atoms with Gasteiger partial charge >= 0.3 is 0 Å². The molecule has 5 heteroatoms. The van der Waals surface area contributed by atoms with Crippen LogP contribution in [-0.2, 0) is 4.79 Å². The Kier molecular flexibility index (Phi) is 5.05. The minimum absolute atomic E-state index is 0.207. The summed E-state index contributed by atoms with van der Waals surface area (Å²) in [4.78, 5) is 11.9. The van der Waals surface area contributed by atoms with Gasteiger partial charge in [0.1, 0.15) is 11.1 Å². The summed E-state index contributed by atoms with van der Waals surface area (Å²) in [6.45, 7) is 5.75. The number of alkyl halides is 1. The van der Waals surface area contributed by atoms with E-state index >= 15 is 0 Å². The average Bonchev–Trinajstić information content (AvgIpc) is 2.25. The summed E-state index contributed by atoms with van der Waals surface area (Å²) in [7, 11) is 1.59. The van der Waals surface area contributed by atoms with Crippen molar-refractivity contribution in [3.05, 3.63) is 28.2 Å². The first-order chi connectivity index (χ1) is 8.24. The lowest BCUT2D eigenvalue weighted by atomic mass is 10.1. The molecule has 0 aliphatic heterocycles. The molecule has 1 aromatic carbocycles. The molecule has 1 atom stereocenters. The molecule has 1 rings (SSSR count). The van der Waals surface area contributed by atoms with Crippen LogP contribution in [0.3, 0.4) is 0 Å². The molecule has 18 heavy (non-hydrogen) atoms. The van der Waals surface area contributed by atoms with Gasteiger partial charge in [-0.3, -0.25) is 4.79 Å². The second-order valence-electron chi connectivity index (χ2n) is 5.00. The topological polar surface area (TPSA) is 38.3 Å². The molecule has 1 aromatic rings. The third kappa shape index (κ3) is 4.18. The first kappa shape index (κ1) is 15.3. The van der Waals surface area contributed by atoms with Crippen LogP contribution in [0.5, 0.6) is 5.75 Å². The Labute approximate surface area is 121 Å².